The van der Waals surface area contributed by atoms with Gasteiger partial charge >= 0.3 is 5.97 Å². The Hall–Kier alpha value is -1.99. The van der Waals surface area contributed by atoms with Crippen LogP contribution in [0.1, 0.15) is 21.7 Å². The highest BCUT2D eigenvalue weighted by Gasteiger charge is 2.20. The SMILES string of the molecule is COC(=O)c1nnn(Cc2ccc(F)cc2Cl)c1CCN. The number of nitrogens with two attached hydrogens (primary N) is 1. The van der Waals surface area contributed by atoms with Crippen molar-refractivity contribution in [1.82, 2.24) is 15.0 Å². The lowest BCUT2D eigenvalue weighted by Crippen LogP contribution is -2.15. The number of hydrogen-bond acceptors (Lipinski definition) is 5. The van der Waals surface area contributed by atoms with Crippen LogP contribution < -0.4 is 5.73 Å². The van der Waals surface area contributed by atoms with E-state index in [4.69, 9.17) is 17.3 Å². The summed E-state index contributed by atoms with van der Waals surface area (Å²) in [5.74, 6) is -0.991. The predicted molar refractivity (Wildman–Crippen MR) is 74.6 cm³/mol. The largest absolute Gasteiger partial charge is 0.464 e. The van der Waals surface area contributed by atoms with E-state index in [1.165, 1.54) is 23.9 Å². The highest BCUT2D eigenvalue weighted by atomic mass is 35.5. The summed E-state index contributed by atoms with van der Waals surface area (Å²) in [5, 5.41) is 8.02. The van der Waals surface area contributed by atoms with Crippen LogP contribution in [-0.4, -0.2) is 34.6 Å². The first-order valence-corrected chi connectivity index (χ1v) is 6.59. The molecule has 0 amide bonds. The first kappa shape index (κ1) is 15.4. The molecule has 0 atom stereocenters. The average Bonchev–Trinajstić information content (AvgIpc) is 2.84. The summed E-state index contributed by atoms with van der Waals surface area (Å²) in [6, 6.07) is 4.09. The molecule has 2 rings (SSSR count). The van der Waals surface area contributed by atoms with Crippen molar-refractivity contribution in [1.29, 1.82) is 0 Å². The summed E-state index contributed by atoms with van der Waals surface area (Å²) in [6.07, 6.45) is 0.413. The van der Waals surface area contributed by atoms with Gasteiger partial charge in [0.2, 0.25) is 0 Å². The molecule has 112 valence electrons. The molecule has 0 radical (unpaired) electrons. The van der Waals surface area contributed by atoms with Gasteiger partial charge < -0.3 is 10.5 Å². The van der Waals surface area contributed by atoms with Gasteiger partial charge in [-0.3, -0.25) is 0 Å². The molecule has 1 aromatic carbocycles. The van der Waals surface area contributed by atoms with Crippen LogP contribution in [0.25, 0.3) is 0 Å². The lowest BCUT2D eigenvalue weighted by atomic mass is 10.2. The van der Waals surface area contributed by atoms with Crippen LogP contribution in [0.15, 0.2) is 18.2 Å². The third-order valence-electron chi connectivity index (χ3n) is 2.93. The quantitative estimate of drug-likeness (QED) is 0.844. The van der Waals surface area contributed by atoms with E-state index in [0.29, 0.717) is 24.2 Å². The van der Waals surface area contributed by atoms with Gasteiger partial charge in [-0.25, -0.2) is 13.9 Å². The van der Waals surface area contributed by atoms with Crippen molar-refractivity contribution in [3.05, 3.63) is 46.0 Å². The number of halogens is 2. The Labute approximate surface area is 125 Å². The van der Waals surface area contributed by atoms with Gasteiger partial charge in [0.25, 0.3) is 0 Å². The fourth-order valence-electron chi connectivity index (χ4n) is 1.91. The van der Waals surface area contributed by atoms with E-state index < -0.39 is 11.8 Å². The van der Waals surface area contributed by atoms with E-state index >= 15 is 0 Å². The summed E-state index contributed by atoms with van der Waals surface area (Å²) in [6.45, 7) is 0.590. The number of benzene rings is 1. The lowest BCUT2D eigenvalue weighted by Gasteiger charge is -2.08. The molecule has 21 heavy (non-hydrogen) atoms. The maximum absolute atomic E-state index is 13.0. The second-order valence-corrected chi connectivity index (χ2v) is 4.72. The molecule has 0 spiro atoms. The maximum Gasteiger partial charge on any atom is 0.360 e. The first-order chi connectivity index (χ1) is 10.1. The molecule has 0 saturated carbocycles. The number of carbonyl (C=O) groups is 1. The zero-order valence-electron chi connectivity index (χ0n) is 11.3. The van der Waals surface area contributed by atoms with Gasteiger partial charge in [-0.05, 0) is 24.2 Å². The smallest absolute Gasteiger partial charge is 0.360 e. The molecule has 6 nitrogen and oxygen atoms in total. The van der Waals surface area contributed by atoms with Gasteiger partial charge in [-0.1, -0.05) is 22.9 Å². The average molecular weight is 313 g/mol. The van der Waals surface area contributed by atoms with Gasteiger partial charge in [0.1, 0.15) is 5.82 Å². The highest BCUT2D eigenvalue weighted by molar-refractivity contribution is 6.31. The van der Waals surface area contributed by atoms with E-state index in [-0.39, 0.29) is 17.3 Å². The summed E-state index contributed by atoms with van der Waals surface area (Å²) in [4.78, 5) is 11.6. The number of esters is 1. The molecule has 8 heteroatoms. The van der Waals surface area contributed by atoms with Gasteiger partial charge in [-0.15, -0.1) is 5.10 Å². The fraction of sp³-hybridized carbons (Fsp3) is 0.308. The van der Waals surface area contributed by atoms with Crippen LogP contribution in [-0.2, 0) is 17.7 Å². The molecule has 0 fully saturated rings. The number of hydrogen-bond donors (Lipinski definition) is 1. The molecule has 0 unspecified atom stereocenters. The molecule has 0 bridgehead atoms. The van der Waals surface area contributed by atoms with Crippen LogP contribution in [0.5, 0.6) is 0 Å². The van der Waals surface area contributed by atoms with Crippen molar-refractivity contribution in [3.8, 4) is 0 Å². The Morgan fingerprint density at radius 1 is 1.52 bits per heavy atom. The Morgan fingerprint density at radius 3 is 2.90 bits per heavy atom. The number of aromatic nitrogens is 3. The number of methoxy groups -OCH3 is 1. The second-order valence-electron chi connectivity index (χ2n) is 4.31. The Balaban J connectivity index is 2.35. The highest BCUT2D eigenvalue weighted by Crippen LogP contribution is 2.19. The number of carbonyl (C=O) groups excluding carboxylic acids is 1. The lowest BCUT2D eigenvalue weighted by molar-refractivity contribution is 0.0592. The van der Waals surface area contributed by atoms with Crippen LogP contribution in [0.4, 0.5) is 4.39 Å². The third-order valence-corrected chi connectivity index (χ3v) is 3.28. The first-order valence-electron chi connectivity index (χ1n) is 6.21. The molecular weight excluding hydrogens is 299 g/mol. The molecule has 0 aliphatic heterocycles. The Bertz CT molecular complexity index is 660. The van der Waals surface area contributed by atoms with E-state index in [0.717, 1.165) is 0 Å². The van der Waals surface area contributed by atoms with Gasteiger partial charge in [-0.2, -0.15) is 0 Å². The second kappa shape index (κ2) is 6.64. The minimum Gasteiger partial charge on any atom is -0.464 e. The number of rotatable bonds is 5. The van der Waals surface area contributed by atoms with Crippen molar-refractivity contribution in [2.24, 2.45) is 5.73 Å². The van der Waals surface area contributed by atoms with Gasteiger partial charge in [0.05, 0.1) is 19.3 Å². The molecular formula is C13H14ClFN4O2. The van der Waals surface area contributed by atoms with Crippen molar-refractivity contribution in [3.63, 3.8) is 0 Å². The van der Waals surface area contributed by atoms with Crippen molar-refractivity contribution in [2.75, 3.05) is 13.7 Å². The van der Waals surface area contributed by atoms with Crippen LogP contribution in [0, 0.1) is 5.82 Å². The molecule has 0 aliphatic carbocycles. The topological polar surface area (TPSA) is 83.0 Å². The summed E-state index contributed by atoms with van der Waals surface area (Å²) >= 11 is 5.99. The van der Waals surface area contributed by atoms with E-state index in [1.54, 1.807) is 6.07 Å². The zero-order chi connectivity index (χ0) is 15.4. The Morgan fingerprint density at radius 2 is 2.29 bits per heavy atom. The molecule has 0 saturated heterocycles. The van der Waals surface area contributed by atoms with Crippen molar-refractivity contribution >= 4 is 17.6 Å². The van der Waals surface area contributed by atoms with Crippen LogP contribution in [0.3, 0.4) is 0 Å². The molecule has 0 aliphatic rings. The summed E-state index contributed by atoms with van der Waals surface area (Å²) in [7, 11) is 1.27. The predicted octanol–water partition coefficient (Wildman–Crippen LogP) is 1.41. The van der Waals surface area contributed by atoms with Crippen LogP contribution >= 0.6 is 11.6 Å². The normalized spacial score (nSPS) is 10.7. The summed E-state index contributed by atoms with van der Waals surface area (Å²) in [5.41, 5.74) is 6.90. The molecule has 1 aromatic heterocycles. The Kier molecular flexibility index (Phi) is 4.87. The van der Waals surface area contributed by atoms with Gasteiger partial charge in [0.15, 0.2) is 5.69 Å². The molecule has 2 aromatic rings. The van der Waals surface area contributed by atoms with E-state index in [1.807, 2.05) is 0 Å². The van der Waals surface area contributed by atoms with Crippen molar-refractivity contribution < 1.29 is 13.9 Å². The molecule has 1 heterocycles. The number of ether oxygens (including phenoxy) is 1. The standard InChI is InChI=1S/C13H14ClFN4O2/c1-21-13(20)12-11(4-5-16)19(18-17-12)7-8-2-3-9(15)6-10(8)14/h2-3,6H,4-5,7,16H2,1H3. The maximum atomic E-state index is 13.0. The zero-order valence-corrected chi connectivity index (χ0v) is 12.1. The van der Waals surface area contributed by atoms with Crippen molar-refractivity contribution in [2.45, 2.75) is 13.0 Å². The minimum absolute atomic E-state index is 0.126. The third kappa shape index (κ3) is 3.37. The van der Waals surface area contributed by atoms with Crippen LogP contribution in [0.2, 0.25) is 5.02 Å². The van der Waals surface area contributed by atoms with E-state index in [9.17, 15) is 9.18 Å². The van der Waals surface area contributed by atoms with E-state index in [2.05, 4.69) is 15.0 Å². The fourth-order valence-corrected chi connectivity index (χ4v) is 2.14. The summed E-state index contributed by atoms with van der Waals surface area (Å²) < 4.78 is 19.2. The molecule has 2 N–H and O–H groups in total. The number of nitrogens with zero attached hydrogens (tertiary/aromatic N) is 3. The monoisotopic (exact) mass is 312 g/mol. The minimum atomic E-state index is -0.574. The van der Waals surface area contributed by atoms with Gasteiger partial charge in [0, 0.05) is 11.4 Å².